The Morgan fingerprint density at radius 2 is 1.93 bits per heavy atom. The quantitative estimate of drug-likeness (QED) is 0.695. The average molecular weight is 201 g/mol. The lowest BCUT2D eigenvalue weighted by molar-refractivity contribution is 0.112. The monoisotopic (exact) mass is 201 g/mol. The summed E-state index contributed by atoms with van der Waals surface area (Å²) < 4.78 is 1.86. The van der Waals surface area contributed by atoms with Gasteiger partial charge in [-0.1, -0.05) is 0 Å². The molecule has 2 rings (SSSR count). The standard InChI is InChI=1S/C11H11N3O/c1-8-6-10(7-15)9(2)14(8)11-12-4-3-5-13-11/h3-7H,1-2H3. The molecule has 0 spiro atoms. The maximum Gasteiger partial charge on any atom is 0.233 e. The van der Waals surface area contributed by atoms with Crippen LogP contribution in [-0.2, 0) is 0 Å². The zero-order valence-corrected chi connectivity index (χ0v) is 8.64. The fraction of sp³-hybridized carbons (Fsp3) is 0.182. The van der Waals surface area contributed by atoms with Crippen LogP contribution < -0.4 is 0 Å². The van der Waals surface area contributed by atoms with Crippen molar-refractivity contribution in [2.75, 3.05) is 0 Å². The van der Waals surface area contributed by atoms with E-state index in [9.17, 15) is 4.79 Å². The van der Waals surface area contributed by atoms with Crippen LogP contribution in [0.1, 0.15) is 21.7 Å². The van der Waals surface area contributed by atoms with E-state index in [1.165, 1.54) is 0 Å². The van der Waals surface area contributed by atoms with E-state index in [1.54, 1.807) is 18.5 Å². The Morgan fingerprint density at radius 1 is 1.27 bits per heavy atom. The highest BCUT2D eigenvalue weighted by molar-refractivity contribution is 5.77. The molecule has 0 radical (unpaired) electrons. The molecule has 15 heavy (non-hydrogen) atoms. The fourth-order valence-corrected chi connectivity index (χ4v) is 1.62. The lowest BCUT2D eigenvalue weighted by Gasteiger charge is -2.05. The molecule has 0 saturated carbocycles. The van der Waals surface area contributed by atoms with Gasteiger partial charge in [-0.15, -0.1) is 0 Å². The summed E-state index contributed by atoms with van der Waals surface area (Å²) in [5.74, 6) is 0.598. The van der Waals surface area contributed by atoms with Crippen LogP contribution in [-0.4, -0.2) is 20.8 Å². The number of aromatic nitrogens is 3. The largest absolute Gasteiger partial charge is 0.298 e. The highest BCUT2D eigenvalue weighted by atomic mass is 16.1. The Bertz CT molecular complexity index is 488. The summed E-state index contributed by atoms with van der Waals surface area (Å²) in [6.07, 6.45) is 4.21. The Labute approximate surface area is 87.6 Å². The number of aryl methyl sites for hydroxylation is 1. The molecule has 2 aromatic rings. The minimum atomic E-state index is 0.598. The second kappa shape index (κ2) is 3.65. The maximum absolute atomic E-state index is 10.8. The van der Waals surface area contributed by atoms with Gasteiger partial charge in [-0.05, 0) is 26.0 Å². The molecule has 2 aromatic heterocycles. The third-order valence-electron chi connectivity index (χ3n) is 2.35. The van der Waals surface area contributed by atoms with E-state index >= 15 is 0 Å². The molecular formula is C11H11N3O. The highest BCUT2D eigenvalue weighted by Gasteiger charge is 2.10. The van der Waals surface area contributed by atoms with Crippen molar-refractivity contribution < 1.29 is 4.79 Å². The molecule has 0 saturated heterocycles. The van der Waals surface area contributed by atoms with Crippen molar-refractivity contribution in [3.8, 4) is 5.95 Å². The molecule has 0 aliphatic heterocycles. The molecule has 0 unspecified atom stereocenters. The number of hydrogen-bond acceptors (Lipinski definition) is 3. The maximum atomic E-state index is 10.8. The number of hydrogen-bond donors (Lipinski definition) is 0. The minimum Gasteiger partial charge on any atom is -0.298 e. The van der Waals surface area contributed by atoms with Crippen LogP contribution in [0.2, 0.25) is 0 Å². The molecule has 0 aliphatic rings. The molecular weight excluding hydrogens is 190 g/mol. The van der Waals surface area contributed by atoms with E-state index in [1.807, 2.05) is 24.5 Å². The van der Waals surface area contributed by atoms with Crippen molar-refractivity contribution in [3.63, 3.8) is 0 Å². The van der Waals surface area contributed by atoms with Crippen LogP contribution in [0, 0.1) is 13.8 Å². The first-order valence-corrected chi connectivity index (χ1v) is 4.65. The summed E-state index contributed by atoms with van der Waals surface area (Å²) in [5.41, 5.74) is 2.51. The van der Waals surface area contributed by atoms with Crippen molar-refractivity contribution in [2.24, 2.45) is 0 Å². The SMILES string of the molecule is Cc1cc(C=O)c(C)n1-c1ncccn1. The highest BCUT2D eigenvalue weighted by Crippen LogP contribution is 2.16. The van der Waals surface area contributed by atoms with E-state index in [4.69, 9.17) is 0 Å². The summed E-state index contributed by atoms with van der Waals surface area (Å²) in [7, 11) is 0. The molecule has 0 aliphatic carbocycles. The molecule has 0 bridgehead atoms. The van der Waals surface area contributed by atoms with Crippen molar-refractivity contribution in [1.82, 2.24) is 14.5 Å². The number of aldehydes is 1. The van der Waals surface area contributed by atoms with Crippen LogP contribution in [0.25, 0.3) is 5.95 Å². The average Bonchev–Trinajstić information content (AvgIpc) is 2.55. The van der Waals surface area contributed by atoms with Gasteiger partial charge in [-0.2, -0.15) is 0 Å². The number of carbonyl (C=O) groups is 1. The first-order chi connectivity index (χ1) is 7.24. The topological polar surface area (TPSA) is 47.8 Å². The van der Waals surface area contributed by atoms with E-state index in [-0.39, 0.29) is 0 Å². The molecule has 0 atom stereocenters. The van der Waals surface area contributed by atoms with E-state index in [0.29, 0.717) is 11.5 Å². The van der Waals surface area contributed by atoms with Crippen LogP contribution in [0.3, 0.4) is 0 Å². The van der Waals surface area contributed by atoms with Gasteiger partial charge in [-0.25, -0.2) is 9.97 Å². The predicted octanol–water partition coefficient (Wildman–Crippen LogP) is 1.70. The Morgan fingerprint density at radius 3 is 2.47 bits per heavy atom. The van der Waals surface area contributed by atoms with E-state index < -0.39 is 0 Å². The van der Waals surface area contributed by atoms with Crippen molar-refractivity contribution in [3.05, 3.63) is 41.5 Å². The summed E-state index contributed by atoms with van der Waals surface area (Å²) in [6.45, 7) is 3.81. The minimum absolute atomic E-state index is 0.598. The predicted molar refractivity (Wildman–Crippen MR) is 56.2 cm³/mol. The fourth-order valence-electron chi connectivity index (χ4n) is 1.62. The van der Waals surface area contributed by atoms with Gasteiger partial charge >= 0.3 is 0 Å². The van der Waals surface area contributed by atoms with Crippen molar-refractivity contribution in [1.29, 1.82) is 0 Å². The van der Waals surface area contributed by atoms with Gasteiger partial charge in [0.1, 0.15) is 0 Å². The van der Waals surface area contributed by atoms with Gasteiger partial charge in [0, 0.05) is 29.3 Å². The lowest BCUT2D eigenvalue weighted by Crippen LogP contribution is -2.04. The summed E-state index contributed by atoms with van der Waals surface area (Å²) in [4.78, 5) is 19.1. The lowest BCUT2D eigenvalue weighted by atomic mass is 10.3. The Balaban J connectivity index is 2.63. The van der Waals surface area contributed by atoms with E-state index in [2.05, 4.69) is 9.97 Å². The first kappa shape index (κ1) is 9.58. The van der Waals surface area contributed by atoms with E-state index in [0.717, 1.165) is 17.7 Å². The molecule has 0 aromatic carbocycles. The van der Waals surface area contributed by atoms with Crippen LogP contribution >= 0.6 is 0 Å². The molecule has 0 N–H and O–H groups in total. The summed E-state index contributed by atoms with van der Waals surface area (Å²) in [5, 5.41) is 0. The zero-order chi connectivity index (χ0) is 10.8. The molecule has 2 heterocycles. The van der Waals surface area contributed by atoms with Crippen LogP contribution in [0.4, 0.5) is 0 Å². The van der Waals surface area contributed by atoms with Crippen molar-refractivity contribution >= 4 is 6.29 Å². The number of carbonyl (C=O) groups excluding carboxylic acids is 1. The van der Waals surface area contributed by atoms with Crippen LogP contribution in [0.5, 0.6) is 0 Å². The van der Waals surface area contributed by atoms with Gasteiger partial charge in [0.15, 0.2) is 6.29 Å². The Hall–Kier alpha value is -1.97. The molecule has 4 nitrogen and oxygen atoms in total. The summed E-state index contributed by atoms with van der Waals surface area (Å²) >= 11 is 0. The Kier molecular flexibility index (Phi) is 2.33. The molecule has 76 valence electrons. The van der Waals surface area contributed by atoms with Crippen molar-refractivity contribution in [2.45, 2.75) is 13.8 Å². The van der Waals surface area contributed by atoms with Gasteiger partial charge in [0.25, 0.3) is 0 Å². The molecule has 0 amide bonds. The third kappa shape index (κ3) is 1.54. The summed E-state index contributed by atoms with van der Waals surface area (Å²) in [6, 6.07) is 3.59. The zero-order valence-electron chi connectivity index (χ0n) is 8.64. The van der Waals surface area contributed by atoms with Gasteiger partial charge < -0.3 is 0 Å². The third-order valence-corrected chi connectivity index (χ3v) is 2.35. The number of rotatable bonds is 2. The normalized spacial score (nSPS) is 10.3. The van der Waals surface area contributed by atoms with Gasteiger partial charge in [0.05, 0.1) is 0 Å². The van der Waals surface area contributed by atoms with Gasteiger partial charge in [0.2, 0.25) is 5.95 Å². The second-order valence-electron chi connectivity index (χ2n) is 3.33. The molecule has 4 heteroatoms. The smallest absolute Gasteiger partial charge is 0.233 e. The first-order valence-electron chi connectivity index (χ1n) is 4.65. The van der Waals surface area contributed by atoms with Gasteiger partial charge in [-0.3, -0.25) is 9.36 Å². The number of nitrogens with zero attached hydrogens (tertiary/aromatic N) is 3. The second-order valence-corrected chi connectivity index (χ2v) is 3.33. The molecule has 0 fully saturated rings. The van der Waals surface area contributed by atoms with Crippen LogP contribution in [0.15, 0.2) is 24.5 Å².